The molecular weight excluding hydrogens is 344 g/mol. The van der Waals surface area contributed by atoms with Crippen LogP contribution in [0, 0.1) is 13.8 Å². The first-order valence-electron chi connectivity index (χ1n) is 8.15. The number of hydrogen-bond acceptors (Lipinski definition) is 6. The lowest BCUT2D eigenvalue weighted by molar-refractivity contribution is 0.862. The minimum absolute atomic E-state index is 0.708. The van der Waals surface area contributed by atoms with Crippen LogP contribution in [0.2, 0.25) is 0 Å². The van der Waals surface area contributed by atoms with Crippen molar-refractivity contribution in [2.24, 2.45) is 7.05 Å². The molecule has 4 aromatic heterocycles. The normalized spacial score (nSPS) is 11.0. The minimum atomic E-state index is 0.708. The van der Waals surface area contributed by atoms with Crippen LogP contribution in [-0.2, 0) is 7.05 Å². The lowest BCUT2D eigenvalue weighted by Crippen LogP contribution is -1.99. The molecule has 0 radical (unpaired) electrons. The number of nitrogens with one attached hydrogen (secondary N) is 1. The van der Waals surface area contributed by atoms with Crippen LogP contribution in [0.5, 0.6) is 0 Å². The Kier molecular flexibility index (Phi) is 4.00. The topological polar surface area (TPSA) is 68.5 Å². The summed E-state index contributed by atoms with van der Waals surface area (Å²) in [5.41, 5.74) is 3.52. The standard InChI is InChI=1S/C19H18N6S/c1-11(18-10-21-13(3)26-18)23-19-7-16-14(8-22-19)5-6-15(24-16)17-9-20-12(2)25(17)4/h5-10H,1H2,2-4H3,(H,22,23). The molecule has 0 saturated carbocycles. The molecule has 4 heterocycles. The Morgan fingerprint density at radius 2 is 1.96 bits per heavy atom. The number of hydrogen-bond donors (Lipinski definition) is 1. The van der Waals surface area contributed by atoms with Crippen LogP contribution in [0.1, 0.15) is 15.7 Å². The molecule has 0 unspecified atom stereocenters. The molecular formula is C19H18N6S. The Morgan fingerprint density at radius 1 is 1.12 bits per heavy atom. The maximum absolute atomic E-state index is 4.78. The molecule has 0 atom stereocenters. The molecule has 0 spiro atoms. The van der Waals surface area contributed by atoms with E-state index in [2.05, 4.69) is 26.8 Å². The van der Waals surface area contributed by atoms with E-state index in [0.29, 0.717) is 5.82 Å². The third-order valence-electron chi connectivity index (χ3n) is 4.25. The van der Waals surface area contributed by atoms with E-state index in [1.54, 1.807) is 11.3 Å². The summed E-state index contributed by atoms with van der Waals surface area (Å²) >= 11 is 1.60. The third kappa shape index (κ3) is 2.97. The molecule has 0 aliphatic rings. The van der Waals surface area contributed by atoms with Gasteiger partial charge in [0, 0.05) is 30.9 Å². The van der Waals surface area contributed by atoms with Gasteiger partial charge in [0.25, 0.3) is 0 Å². The van der Waals surface area contributed by atoms with Gasteiger partial charge in [-0.3, -0.25) is 0 Å². The van der Waals surface area contributed by atoms with Gasteiger partial charge in [-0.15, -0.1) is 11.3 Å². The number of thiazole rings is 1. The van der Waals surface area contributed by atoms with Crippen molar-refractivity contribution < 1.29 is 0 Å². The average Bonchev–Trinajstić information content (AvgIpc) is 3.21. The number of aromatic nitrogens is 5. The minimum Gasteiger partial charge on any atom is -0.339 e. The molecule has 0 aliphatic heterocycles. The van der Waals surface area contributed by atoms with Crippen LogP contribution < -0.4 is 5.32 Å². The quantitative estimate of drug-likeness (QED) is 0.590. The third-order valence-corrected chi connectivity index (χ3v) is 5.23. The highest BCUT2D eigenvalue weighted by atomic mass is 32.1. The maximum atomic E-state index is 4.78. The second-order valence-electron chi connectivity index (χ2n) is 6.06. The number of rotatable bonds is 4. The van der Waals surface area contributed by atoms with Gasteiger partial charge >= 0.3 is 0 Å². The van der Waals surface area contributed by atoms with E-state index in [-0.39, 0.29) is 0 Å². The van der Waals surface area contributed by atoms with Crippen molar-refractivity contribution in [3.63, 3.8) is 0 Å². The zero-order valence-corrected chi connectivity index (χ0v) is 15.6. The van der Waals surface area contributed by atoms with E-state index in [0.717, 1.165) is 43.7 Å². The molecule has 1 N–H and O–H groups in total. The van der Waals surface area contributed by atoms with Gasteiger partial charge in [0.05, 0.1) is 38.7 Å². The number of pyridine rings is 2. The van der Waals surface area contributed by atoms with E-state index < -0.39 is 0 Å². The summed E-state index contributed by atoms with van der Waals surface area (Å²) in [5.74, 6) is 1.66. The highest BCUT2D eigenvalue weighted by Crippen LogP contribution is 2.25. The van der Waals surface area contributed by atoms with Crippen molar-refractivity contribution in [2.45, 2.75) is 13.8 Å². The predicted octanol–water partition coefficient (Wildman–Crippen LogP) is 4.19. The molecule has 0 saturated heterocycles. The molecule has 6 nitrogen and oxygen atoms in total. The first-order chi connectivity index (χ1) is 12.5. The molecule has 7 heteroatoms. The molecule has 0 bridgehead atoms. The Balaban J connectivity index is 1.67. The van der Waals surface area contributed by atoms with Gasteiger partial charge < -0.3 is 9.88 Å². The van der Waals surface area contributed by atoms with Crippen LogP contribution in [0.15, 0.2) is 43.4 Å². The molecule has 130 valence electrons. The lowest BCUT2D eigenvalue weighted by atomic mass is 10.2. The Hall–Kier alpha value is -3.06. The second kappa shape index (κ2) is 6.34. The summed E-state index contributed by atoms with van der Waals surface area (Å²) in [4.78, 5) is 18.8. The molecule has 0 amide bonds. The summed E-state index contributed by atoms with van der Waals surface area (Å²) in [6.45, 7) is 8.03. The monoisotopic (exact) mass is 362 g/mol. The molecule has 0 fully saturated rings. The average molecular weight is 362 g/mol. The number of fused-ring (bicyclic) bond motifs is 1. The highest BCUT2D eigenvalue weighted by molar-refractivity contribution is 7.12. The van der Waals surface area contributed by atoms with Crippen LogP contribution in [0.3, 0.4) is 0 Å². The lowest BCUT2D eigenvalue weighted by Gasteiger charge is -2.09. The van der Waals surface area contributed by atoms with Gasteiger partial charge in [0.1, 0.15) is 11.6 Å². The first-order valence-corrected chi connectivity index (χ1v) is 8.97. The largest absolute Gasteiger partial charge is 0.339 e. The fourth-order valence-corrected chi connectivity index (χ4v) is 3.39. The van der Waals surface area contributed by atoms with Crippen molar-refractivity contribution in [3.05, 3.63) is 59.1 Å². The maximum Gasteiger partial charge on any atom is 0.132 e. The number of nitrogens with zero attached hydrogens (tertiary/aromatic N) is 5. The van der Waals surface area contributed by atoms with Gasteiger partial charge in [-0.1, -0.05) is 6.58 Å². The van der Waals surface area contributed by atoms with E-state index in [1.807, 2.05) is 62.3 Å². The highest BCUT2D eigenvalue weighted by Gasteiger charge is 2.09. The SMILES string of the molecule is C=C(Nc1cc2nc(-c3cnc(C)n3C)ccc2cn1)c1cnc(C)s1. The van der Waals surface area contributed by atoms with Crippen molar-refractivity contribution in [3.8, 4) is 11.4 Å². The van der Waals surface area contributed by atoms with Crippen LogP contribution in [0.25, 0.3) is 28.0 Å². The van der Waals surface area contributed by atoms with E-state index in [1.165, 1.54) is 0 Å². The van der Waals surface area contributed by atoms with Crippen molar-refractivity contribution in [1.29, 1.82) is 0 Å². The van der Waals surface area contributed by atoms with Gasteiger partial charge in [0.15, 0.2) is 0 Å². The number of anilines is 1. The van der Waals surface area contributed by atoms with Crippen molar-refractivity contribution >= 4 is 33.8 Å². The molecule has 26 heavy (non-hydrogen) atoms. The van der Waals surface area contributed by atoms with Gasteiger partial charge in [-0.25, -0.2) is 19.9 Å². The molecule has 4 rings (SSSR count). The molecule has 0 aliphatic carbocycles. The summed E-state index contributed by atoms with van der Waals surface area (Å²) in [6, 6.07) is 5.95. The Morgan fingerprint density at radius 3 is 2.65 bits per heavy atom. The van der Waals surface area contributed by atoms with Crippen molar-refractivity contribution in [1.82, 2.24) is 24.5 Å². The van der Waals surface area contributed by atoms with Gasteiger partial charge in [0.2, 0.25) is 0 Å². The molecule has 0 aromatic carbocycles. The summed E-state index contributed by atoms with van der Waals surface area (Å²) in [5, 5.41) is 5.24. The van der Waals surface area contributed by atoms with Crippen molar-refractivity contribution in [2.75, 3.05) is 5.32 Å². The van der Waals surface area contributed by atoms with E-state index >= 15 is 0 Å². The van der Waals surface area contributed by atoms with Gasteiger partial charge in [-0.05, 0) is 26.0 Å². The van der Waals surface area contributed by atoms with Gasteiger partial charge in [-0.2, -0.15) is 0 Å². The smallest absolute Gasteiger partial charge is 0.132 e. The second-order valence-corrected chi connectivity index (χ2v) is 7.29. The van der Waals surface area contributed by atoms with Crippen LogP contribution >= 0.6 is 11.3 Å². The van der Waals surface area contributed by atoms with Crippen LogP contribution in [0.4, 0.5) is 5.82 Å². The predicted molar refractivity (Wildman–Crippen MR) is 106 cm³/mol. The Labute approximate surface area is 155 Å². The van der Waals surface area contributed by atoms with E-state index in [4.69, 9.17) is 4.98 Å². The first kappa shape index (κ1) is 16.4. The summed E-state index contributed by atoms with van der Waals surface area (Å²) < 4.78 is 2.03. The van der Waals surface area contributed by atoms with E-state index in [9.17, 15) is 0 Å². The Bertz CT molecular complexity index is 1120. The number of aryl methyl sites for hydroxylation is 2. The zero-order valence-electron chi connectivity index (χ0n) is 14.8. The number of imidazole rings is 1. The zero-order chi connectivity index (χ0) is 18.3. The van der Waals surface area contributed by atoms with Crippen LogP contribution in [-0.4, -0.2) is 24.5 Å². The molecule has 4 aromatic rings. The summed E-state index contributed by atoms with van der Waals surface area (Å²) in [7, 11) is 1.99. The fraction of sp³-hybridized carbons (Fsp3) is 0.158. The fourth-order valence-electron chi connectivity index (χ4n) is 2.68. The summed E-state index contributed by atoms with van der Waals surface area (Å²) in [6.07, 6.45) is 5.48.